The van der Waals surface area contributed by atoms with E-state index in [1.165, 1.54) is 0 Å². The number of rotatable bonds is 5. The van der Waals surface area contributed by atoms with Gasteiger partial charge in [-0.05, 0) is 43.0 Å². The maximum Gasteiger partial charge on any atom is 0.326 e. The molecule has 2 atom stereocenters. The van der Waals surface area contributed by atoms with E-state index in [2.05, 4.69) is 10.6 Å². The molecule has 0 spiro atoms. The van der Waals surface area contributed by atoms with Crippen molar-refractivity contribution >= 4 is 17.7 Å². The molecule has 0 saturated heterocycles. The van der Waals surface area contributed by atoms with Gasteiger partial charge in [0.2, 0.25) is 0 Å². The Kier molecular flexibility index (Phi) is 5.55. The van der Waals surface area contributed by atoms with E-state index in [1.54, 1.807) is 6.92 Å². The summed E-state index contributed by atoms with van der Waals surface area (Å²) in [6, 6.07) is 4.30. The van der Waals surface area contributed by atoms with Crippen LogP contribution < -0.4 is 10.6 Å². The van der Waals surface area contributed by atoms with E-state index in [4.69, 9.17) is 5.11 Å². The van der Waals surface area contributed by atoms with Crippen LogP contribution in [0.25, 0.3) is 0 Å². The number of amides is 2. The number of aliphatic carboxylic acids is 1. The molecule has 0 bridgehead atoms. The third-order valence-electron chi connectivity index (χ3n) is 3.25. The first kappa shape index (κ1) is 16.0. The van der Waals surface area contributed by atoms with Gasteiger partial charge in [0.15, 0.2) is 0 Å². The van der Waals surface area contributed by atoms with Gasteiger partial charge in [-0.3, -0.25) is 0 Å². The summed E-state index contributed by atoms with van der Waals surface area (Å²) in [5.41, 5.74) is 2.74. The number of hydrogen-bond donors (Lipinski definition) is 3. The molecule has 0 aliphatic rings. The molecular formula is C15H22N2O3. The molecule has 1 aromatic carbocycles. The number of carboxylic acid groups (broad SMARTS) is 1. The van der Waals surface area contributed by atoms with Gasteiger partial charge in [-0.2, -0.15) is 0 Å². The van der Waals surface area contributed by atoms with E-state index in [0.717, 1.165) is 11.1 Å². The minimum absolute atomic E-state index is 0.127. The van der Waals surface area contributed by atoms with Crippen molar-refractivity contribution in [1.82, 2.24) is 5.32 Å². The minimum Gasteiger partial charge on any atom is -0.480 e. The van der Waals surface area contributed by atoms with Crippen molar-refractivity contribution in [2.75, 3.05) is 5.32 Å². The zero-order valence-corrected chi connectivity index (χ0v) is 12.4. The lowest BCUT2D eigenvalue weighted by Crippen LogP contribution is -2.46. The molecule has 0 unspecified atom stereocenters. The number of carboxylic acids is 1. The van der Waals surface area contributed by atoms with Crippen molar-refractivity contribution in [2.45, 2.75) is 40.2 Å². The number of anilines is 1. The lowest BCUT2D eigenvalue weighted by atomic mass is 9.99. The molecule has 0 aliphatic carbocycles. The maximum absolute atomic E-state index is 11.9. The van der Waals surface area contributed by atoms with Gasteiger partial charge in [0.05, 0.1) is 0 Å². The van der Waals surface area contributed by atoms with E-state index < -0.39 is 18.0 Å². The third-order valence-corrected chi connectivity index (χ3v) is 3.25. The van der Waals surface area contributed by atoms with E-state index in [9.17, 15) is 9.59 Å². The van der Waals surface area contributed by atoms with Gasteiger partial charge in [0.1, 0.15) is 6.04 Å². The summed E-state index contributed by atoms with van der Waals surface area (Å²) < 4.78 is 0. The number of aryl methyl sites for hydroxylation is 2. The molecule has 0 heterocycles. The highest BCUT2D eigenvalue weighted by molar-refractivity contribution is 5.92. The number of carbonyl (C=O) groups excluding carboxylic acids is 1. The number of benzene rings is 1. The number of hydrogen-bond acceptors (Lipinski definition) is 2. The Labute approximate surface area is 119 Å². The van der Waals surface area contributed by atoms with Crippen LogP contribution in [0.3, 0.4) is 0 Å². The summed E-state index contributed by atoms with van der Waals surface area (Å²) in [4.78, 5) is 23.0. The fourth-order valence-electron chi connectivity index (χ4n) is 2.04. The highest BCUT2D eigenvalue weighted by atomic mass is 16.4. The van der Waals surface area contributed by atoms with Gasteiger partial charge in [-0.15, -0.1) is 0 Å². The smallest absolute Gasteiger partial charge is 0.326 e. The van der Waals surface area contributed by atoms with Gasteiger partial charge in [-0.1, -0.05) is 26.3 Å². The van der Waals surface area contributed by atoms with Crippen molar-refractivity contribution < 1.29 is 14.7 Å². The monoisotopic (exact) mass is 278 g/mol. The first-order chi connectivity index (χ1) is 9.33. The minimum atomic E-state index is -1.02. The maximum atomic E-state index is 11.9. The van der Waals surface area contributed by atoms with Gasteiger partial charge in [0.25, 0.3) is 0 Å². The first-order valence-electron chi connectivity index (χ1n) is 6.72. The van der Waals surface area contributed by atoms with Crippen LogP contribution in [0.2, 0.25) is 0 Å². The molecule has 5 heteroatoms. The van der Waals surface area contributed by atoms with Crippen LogP contribution in [0.15, 0.2) is 18.2 Å². The second kappa shape index (κ2) is 6.93. The number of nitrogens with one attached hydrogen (secondary N) is 2. The normalized spacial score (nSPS) is 13.4. The summed E-state index contributed by atoms with van der Waals surface area (Å²) in [5.74, 6) is -1.15. The molecule has 0 fully saturated rings. The Morgan fingerprint density at radius 1 is 1.20 bits per heavy atom. The Balaban J connectivity index is 2.73. The van der Waals surface area contributed by atoms with Crippen LogP contribution in [-0.2, 0) is 4.79 Å². The third kappa shape index (κ3) is 4.57. The first-order valence-corrected chi connectivity index (χ1v) is 6.72. The van der Waals surface area contributed by atoms with Crippen molar-refractivity contribution in [3.8, 4) is 0 Å². The standard InChI is InChI=1S/C15H22N2O3/c1-5-11(4)13(14(18)19)17-15(20)16-12-7-9(2)6-10(3)8-12/h6-8,11,13H,5H2,1-4H3,(H,18,19)(H2,16,17,20)/t11-,13-/m0/s1. The van der Waals surface area contributed by atoms with Crippen LogP contribution in [0, 0.1) is 19.8 Å². The van der Waals surface area contributed by atoms with Crippen LogP contribution in [0.4, 0.5) is 10.5 Å². The predicted octanol–water partition coefficient (Wildman–Crippen LogP) is 2.92. The summed E-state index contributed by atoms with van der Waals surface area (Å²) in [6.07, 6.45) is 0.681. The molecule has 5 nitrogen and oxygen atoms in total. The van der Waals surface area contributed by atoms with Crippen molar-refractivity contribution in [1.29, 1.82) is 0 Å². The molecular weight excluding hydrogens is 256 g/mol. The zero-order valence-electron chi connectivity index (χ0n) is 12.4. The summed E-state index contributed by atoms with van der Waals surface area (Å²) >= 11 is 0. The number of urea groups is 1. The fourth-order valence-corrected chi connectivity index (χ4v) is 2.04. The Hall–Kier alpha value is -2.04. The van der Waals surface area contributed by atoms with E-state index in [0.29, 0.717) is 12.1 Å². The second-order valence-corrected chi connectivity index (χ2v) is 5.18. The molecule has 20 heavy (non-hydrogen) atoms. The van der Waals surface area contributed by atoms with Crippen molar-refractivity contribution in [3.63, 3.8) is 0 Å². The largest absolute Gasteiger partial charge is 0.480 e. The summed E-state index contributed by atoms with van der Waals surface area (Å²) in [5, 5.41) is 14.3. The molecule has 0 aliphatic heterocycles. The zero-order chi connectivity index (χ0) is 15.3. The fraction of sp³-hybridized carbons (Fsp3) is 0.467. The molecule has 0 aromatic heterocycles. The highest BCUT2D eigenvalue weighted by Gasteiger charge is 2.25. The molecule has 0 radical (unpaired) electrons. The van der Waals surface area contributed by atoms with Crippen LogP contribution in [-0.4, -0.2) is 23.1 Å². The summed E-state index contributed by atoms with van der Waals surface area (Å²) in [6.45, 7) is 7.57. The van der Waals surface area contributed by atoms with Crippen LogP contribution in [0.1, 0.15) is 31.4 Å². The molecule has 3 N–H and O–H groups in total. The Morgan fingerprint density at radius 2 is 1.75 bits per heavy atom. The molecule has 2 amide bonds. The van der Waals surface area contributed by atoms with Gasteiger partial charge in [-0.25, -0.2) is 9.59 Å². The lowest BCUT2D eigenvalue weighted by molar-refractivity contribution is -0.140. The molecule has 110 valence electrons. The van der Waals surface area contributed by atoms with Crippen molar-refractivity contribution in [3.05, 3.63) is 29.3 Å². The highest BCUT2D eigenvalue weighted by Crippen LogP contribution is 2.14. The second-order valence-electron chi connectivity index (χ2n) is 5.18. The van der Waals surface area contributed by atoms with E-state index >= 15 is 0 Å². The SMILES string of the molecule is CC[C@H](C)[C@H](NC(=O)Nc1cc(C)cc(C)c1)C(=O)O. The van der Waals surface area contributed by atoms with Crippen LogP contribution in [0.5, 0.6) is 0 Å². The van der Waals surface area contributed by atoms with E-state index in [1.807, 2.05) is 39.0 Å². The lowest BCUT2D eigenvalue weighted by Gasteiger charge is -2.20. The molecule has 1 rings (SSSR count). The number of carbonyl (C=O) groups is 2. The Morgan fingerprint density at radius 3 is 2.20 bits per heavy atom. The quantitative estimate of drug-likeness (QED) is 0.775. The van der Waals surface area contributed by atoms with E-state index in [-0.39, 0.29) is 5.92 Å². The average Bonchev–Trinajstić information content (AvgIpc) is 2.33. The van der Waals surface area contributed by atoms with Crippen LogP contribution >= 0.6 is 0 Å². The van der Waals surface area contributed by atoms with Crippen molar-refractivity contribution in [2.24, 2.45) is 5.92 Å². The summed E-state index contributed by atoms with van der Waals surface area (Å²) in [7, 11) is 0. The van der Waals surface area contributed by atoms with Gasteiger partial charge < -0.3 is 15.7 Å². The average molecular weight is 278 g/mol. The van der Waals surface area contributed by atoms with Gasteiger partial charge in [0, 0.05) is 5.69 Å². The van der Waals surface area contributed by atoms with Gasteiger partial charge >= 0.3 is 12.0 Å². The molecule has 1 aromatic rings. The topological polar surface area (TPSA) is 78.4 Å². The molecule has 0 saturated carbocycles. The predicted molar refractivity (Wildman–Crippen MR) is 78.9 cm³/mol. The Bertz CT molecular complexity index is 480.